The Morgan fingerprint density at radius 1 is 1.32 bits per heavy atom. The second kappa shape index (κ2) is 7.28. The van der Waals surface area contributed by atoms with E-state index in [9.17, 15) is 9.59 Å². The SMILES string of the molecule is CC(C)COC(=O)CN(C)C(=O)c1ccccc1Br. The fourth-order valence-electron chi connectivity index (χ4n) is 1.41. The Balaban J connectivity index is 2.58. The first-order valence-corrected chi connectivity index (χ1v) is 6.86. The molecular formula is C14H18BrNO3. The van der Waals surface area contributed by atoms with Crippen molar-refractivity contribution in [1.29, 1.82) is 0 Å². The maximum atomic E-state index is 12.1. The highest BCUT2D eigenvalue weighted by atomic mass is 79.9. The van der Waals surface area contributed by atoms with Crippen LogP contribution in [0, 0.1) is 5.92 Å². The monoisotopic (exact) mass is 327 g/mol. The number of halogens is 1. The molecule has 0 spiro atoms. The summed E-state index contributed by atoms with van der Waals surface area (Å²) >= 11 is 3.32. The number of carbonyl (C=O) groups excluding carboxylic acids is 2. The lowest BCUT2D eigenvalue weighted by Gasteiger charge is -2.17. The van der Waals surface area contributed by atoms with Gasteiger partial charge in [0.25, 0.3) is 5.91 Å². The smallest absolute Gasteiger partial charge is 0.325 e. The van der Waals surface area contributed by atoms with Crippen LogP contribution >= 0.6 is 15.9 Å². The summed E-state index contributed by atoms with van der Waals surface area (Å²) in [4.78, 5) is 25.0. The molecule has 1 aromatic carbocycles. The van der Waals surface area contributed by atoms with Crippen LogP contribution in [0.4, 0.5) is 0 Å². The Labute approximate surface area is 121 Å². The topological polar surface area (TPSA) is 46.6 Å². The van der Waals surface area contributed by atoms with Crippen molar-refractivity contribution in [2.75, 3.05) is 20.2 Å². The van der Waals surface area contributed by atoms with Crippen LogP contribution in [0.3, 0.4) is 0 Å². The molecule has 0 aliphatic heterocycles. The number of hydrogen-bond donors (Lipinski definition) is 0. The minimum Gasteiger partial charge on any atom is -0.464 e. The lowest BCUT2D eigenvalue weighted by Crippen LogP contribution is -2.33. The van der Waals surface area contributed by atoms with Crippen LogP contribution in [0.5, 0.6) is 0 Å². The van der Waals surface area contributed by atoms with E-state index in [1.54, 1.807) is 25.2 Å². The molecule has 19 heavy (non-hydrogen) atoms. The zero-order valence-corrected chi connectivity index (χ0v) is 12.9. The zero-order chi connectivity index (χ0) is 14.4. The third-order valence-electron chi connectivity index (χ3n) is 2.39. The van der Waals surface area contributed by atoms with E-state index in [2.05, 4.69) is 15.9 Å². The maximum Gasteiger partial charge on any atom is 0.325 e. The summed E-state index contributed by atoms with van der Waals surface area (Å²) < 4.78 is 5.76. The number of likely N-dealkylation sites (N-methyl/N-ethyl adjacent to an activating group) is 1. The molecule has 0 atom stereocenters. The second-order valence-corrected chi connectivity index (χ2v) is 5.57. The molecule has 0 N–H and O–H groups in total. The van der Waals surface area contributed by atoms with Crippen LogP contribution in [0.25, 0.3) is 0 Å². The summed E-state index contributed by atoms with van der Waals surface area (Å²) in [6.07, 6.45) is 0. The first kappa shape index (κ1) is 15.7. The average molecular weight is 328 g/mol. The van der Waals surface area contributed by atoms with Gasteiger partial charge in [-0.25, -0.2) is 0 Å². The van der Waals surface area contributed by atoms with Crippen molar-refractivity contribution < 1.29 is 14.3 Å². The fraction of sp³-hybridized carbons (Fsp3) is 0.429. The van der Waals surface area contributed by atoms with Gasteiger partial charge in [0.05, 0.1) is 12.2 Å². The van der Waals surface area contributed by atoms with Crippen LogP contribution in [0.1, 0.15) is 24.2 Å². The lowest BCUT2D eigenvalue weighted by molar-refractivity contribution is -0.145. The summed E-state index contributed by atoms with van der Waals surface area (Å²) in [5.41, 5.74) is 0.529. The van der Waals surface area contributed by atoms with E-state index in [0.717, 1.165) is 0 Å². The quantitative estimate of drug-likeness (QED) is 0.781. The van der Waals surface area contributed by atoms with Crippen LogP contribution in [0.2, 0.25) is 0 Å². The number of esters is 1. The van der Waals surface area contributed by atoms with Gasteiger partial charge >= 0.3 is 5.97 Å². The number of benzene rings is 1. The highest BCUT2D eigenvalue weighted by molar-refractivity contribution is 9.10. The molecule has 0 bridgehead atoms. The summed E-state index contributed by atoms with van der Waals surface area (Å²) in [5.74, 6) is -0.321. The number of carbonyl (C=O) groups is 2. The zero-order valence-electron chi connectivity index (χ0n) is 11.4. The highest BCUT2D eigenvalue weighted by Gasteiger charge is 2.17. The van der Waals surface area contributed by atoms with Gasteiger partial charge in [-0.1, -0.05) is 26.0 Å². The highest BCUT2D eigenvalue weighted by Crippen LogP contribution is 2.17. The predicted octanol–water partition coefficient (Wildman–Crippen LogP) is 2.72. The molecule has 0 aliphatic rings. The van der Waals surface area contributed by atoms with Gasteiger partial charge in [0.1, 0.15) is 6.54 Å². The average Bonchev–Trinajstić information content (AvgIpc) is 2.36. The third-order valence-corrected chi connectivity index (χ3v) is 3.09. The van der Waals surface area contributed by atoms with E-state index < -0.39 is 5.97 Å². The van der Waals surface area contributed by atoms with Crippen molar-refractivity contribution in [3.63, 3.8) is 0 Å². The molecule has 0 aromatic heterocycles. The largest absolute Gasteiger partial charge is 0.464 e. The van der Waals surface area contributed by atoms with Crippen molar-refractivity contribution in [2.45, 2.75) is 13.8 Å². The molecule has 104 valence electrons. The van der Waals surface area contributed by atoms with Crippen LogP contribution < -0.4 is 0 Å². The van der Waals surface area contributed by atoms with E-state index in [0.29, 0.717) is 16.6 Å². The van der Waals surface area contributed by atoms with E-state index in [-0.39, 0.29) is 18.4 Å². The van der Waals surface area contributed by atoms with Crippen LogP contribution in [0.15, 0.2) is 28.7 Å². The Bertz CT molecular complexity index is 460. The van der Waals surface area contributed by atoms with Crippen LogP contribution in [-0.4, -0.2) is 37.0 Å². The van der Waals surface area contributed by atoms with Gasteiger partial charge in [-0.2, -0.15) is 0 Å². The second-order valence-electron chi connectivity index (χ2n) is 4.72. The molecule has 5 heteroatoms. The summed E-state index contributed by atoms with van der Waals surface area (Å²) in [6.45, 7) is 4.25. The molecule has 0 radical (unpaired) electrons. The Kier molecular flexibility index (Phi) is 6.02. The van der Waals surface area contributed by atoms with Crippen molar-refractivity contribution in [3.05, 3.63) is 34.3 Å². The first-order valence-electron chi connectivity index (χ1n) is 6.07. The van der Waals surface area contributed by atoms with Gasteiger partial charge in [-0.3, -0.25) is 9.59 Å². The fourth-order valence-corrected chi connectivity index (χ4v) is 1.87. The van der Waals surface area contributed by atoms with Crippen molar-refractivity contribution in [2.24, 2.45) is 5.92 Å². The van der Waals surface area contributed by atoms with Gasteiger partial charge in [-0.15, -0.1) is 0 Å². The normalized spacial score (nSPS) is 10.4. The van der Waals surface area contributed by atoms with E-state index in [4.69, 9.17) is 4.74 Å². The minimum atomic E-state index is -0.392. The molecule has 0 unspecified atom stereocenters. The maximum absolute atomic E-state index is 12.1. The molecule has 0 saturated heterocycles. The number of amides is 1. The van der Waals surface area contributed by atoms with E-state index in [1.165, 1.54) is 4.90 Å². The molecule has 0 heterocycles. The summed E-state index contributed by atoms with van der Waals surface area (Å²) in [5, 5.41) is 0. The molecule has 0 saturated carbocycles. The summed E-state index contributed by atoms with van der Waals surface area (Å²) in [7, 11) is 1.58. The number of rotatable bonds is 5. The number of ether oxygens (including phenoxy) is 1. The van der Waals surface area contributed by atoms with E-state index in [1.807, 2.05) is 19.9 Å². The van der Waals surface area contributed by atoms with Gasteiger partial charge in [-0.05, 0) is 34.0 Å². The summed E-state index contributed by atoms with van der Waals surface area (Å²) in [6, 6.07) is 7.11. The van der Waals surface area contributed by atoms with Crippen molar-refractivity contribution >= 4 is 27.8 Å². The molecule has 4 nitrogen and oxygen atoms in total. The van der Waals surface area contributed by atoms with Crippen molar-refractivity contribution in [1.82, 2.24) is 4.90 Å². The van der Waals surface area contributed by atoms with Gasteiger partial charge in [0, 0.05) is 11.5 Å². The molecule has 1 amide bonds. The van der Waals surface area contributed by atoms with Crippen molar-refractivity contribution in [3.8, 4) is 0 Å². The standard InChI is InChI=1S/C14H18BrNO3/c1-10(2)9-19-13(17)8-16(3)14(18)11-6-4-5-7-12(11)15/h4-7,10H,8-9H2,1-3H3. The molecule has 1 rings (SSSR count). The molecule has 0 fully saturated rings. The van der Waals surface area contributed by atoms with Gasteiger partial charge < -0.3 is 9.64 Å². The lowest BCUT2D eigenvalue weighted by atomic mass is 10.2. The Morgan fingerprint density at radius 2 is 1.95 bits per heavy atom. The Morgan fingerprint density at radius 3 is 2.53 bits per heavy atom. The molecule has 1 aromatic rings. The third kappa shape index (κ3) is 5.03. The minimum absolute atomic E-state index is 0.0487. The number of hydrogen-bond acceptors (Lipinski definition) is 3. The number of nitrogens with zero attached hydrogens (tertiary/aromatic N) is 1. The van der Waals surface area contributed by atoms with Gasteiger partial charge in [0.2, 0.25) is 0 Å². The predicted molar refractivity (Wildman–Crippen MR) is 76.9 cm³/mol. The van der Waals surface area contributed by atoms with Gasteiger partial charge in [0.15, 0.2) is 0 Å². The molecule has 0 aliphatic carbocycles. The molecular weight excluding hydrogens is 310 g/mol. The first-order chi connectivity index (χ1) is 8.91. The Hall–Kier alpha value is -1.36. The van der Waals surface area contributed by atoms with Crippen LogP contribution in [-0.2, 0) is 9.53 Å². The van der Waals surface area contributed by atoms with E-state index >= 15 is 0 Å².